The maximum absolute atomic E-state index is 13.6. The van der Waals surface area contributed by atoms with Crippen LogP contribution in [0, 0.1) is 18.2 Å². The summed E-state index contributed by atoms with van der Waals surface area (Å²) in [5.41, 5.74) is 4.00. The summed E-state index contributed by atoms with van der Waals surface area (Å²) in [6.45, 7) is 6.09. The number of methoxy groups -OCH3 is 1. The minimum absolute atomic E-state index is 0.00178. The number of piperidine rings is 1. The molecule has 0 amide bonds. The quantitative estimate of drug-likeness (QED) is 0.551. The van der Waals surface area contributed by atoms with E-state index in [2.05, 4.69) is 27.2 Å². The summed E-state index contributed by atoms with van der Waals surface area (Å²) in [5.74, 6) is 1.29. The molecule has 0 N–H and O–H groups in total. The van der Waals surface area contributed by atoms with Gasteiger partial charge in [-0.1, -0.05) is 23.4 Å². The summed E-state index contributed by atoms with van der Waals surface area (Å²) in [5, 5.41) is 4.52. The molecular weight excluding hydrogens is 447 g/mol. The molecule has 2 aromatic carbocycles. The van der Waals surface area contributed by atoms with Crippen molar-refractivity contribution < 1.29 is 18.7 Å². The largest absolute Gasteiger partial charge is 0.495 e. The van der Waals surface area contributed by atoms with Crippen LogP contribution in [-0.4, -0.2) is 47.2 Å². The summed E-state index contributed by atoms with van der Waals surface area (Å²) >= 11 is 0. The number of oxime groups is 1. The smallest absolute Gasteiger partial charge is 0.234 e. The number of hydrogen-bond donors (Lipinski definition) is 0. The van der Waals surface area contributed by atoms with Crippen LogP contribution in [-0.2, 0) is 15.3 Å². The molecule has 0 radical (unpaired) electrons. The predicted octanol–water partition coefficient (Wildman–Crippen LogP) is 4.65. The van der Waals surface area contributed by atoms with Gasteiger partial charge in [0.15, 0.2) is 5.84 Å². The number of halogens is 1. The van der Waals surface area contributed by atoms with E-state index in [1.807, 2.05) is 36.7 Å². The number of hydrogen-bond acceptors (Lipinski definition) is 6. The van der Waals surface area contributed by atoms with E-state index in [4.69, 9.17) is 14.3 Å². The second kappa shape index (κ2) is 7.95. The van der Waals surface area contributed by atoms with Crippen LogP contribution in [0.3, 0.4) is 0 Å². The van der Waals surface area contributed by atoms with Gasteiger partial charge in [0.2, 0.25) is 5.72 Å². The molecule has 1 spiro atoms. The first-order valence-electron chi connectivity index (χ1n) is 11.7. The topological polar surface area (TPSA) is 61.1 Å². The number of aromatic nitrogens is 2. The predicted molar refractivity (Wildman–Crippen MR) is 130 cm³/mol. The molecule has 3 aliphatic heterocycles. The SMILES string of the molecule is COc1cc(/C=C2\CC3(COC3)CN3C2=NOC3(C)c2ccc(F)cc2)ccc1-n1cnc(C)c1. The summed E-state index contributed by atoms with van der Waals surface area (Å²) < 4.78 is 26.9. The van der Waals surface area contributed by atoms with Crippen LogP contribution in [0.1, 0.15) is 30.2 Å². The van der Waals surface area contributed by atoms with E-state index in [1.54, 1.807) is 25.6 Å². The molecule has 3 aliphatic rings. The molecule has 4 heterocycles. The lowest BCUT2D eigenvalue weighted by Gasteiger charge is -2.51. The van der Waals surface area contributed by atoms with E-state index in [1.165, 1.54) is 12.1 Å². The molecule has 2 saturated heterocycles. The fourth-order valence-electron chi connectivity index (χ4n) is 5.18. The van der Waals surface area contributed by atoms with Gasteiger partial charge in [0, 0.05) is 30.6 Å². The highest BCUT2D eigenvalue weighted by atomic mass is 19.1. The zero-order valence-electron chi connectivity index (χ0n) is 20.0. The number of nitrogens with zero attached hydrogens (tertiary/aromatic N) is 4. The number of ether oxygens (including phenoxy) is 2. The van der Waals surface area contributed by atoms with Crippen LogP contribution >= 0.6 is 0 Å². The summed E-state index contributed by atoms with van der Waals surface area (Å²) in [7, 11) is 1.67. The average molecular weight is 475 g/mol. The van der Waals surface area contributed by atoms with Crippen molar-refractivity contribution >= 4 is 11.9 Å². The van der Waals surface area contributed by atoms with Crippen LogP contribution in [0.4, 0.5) is 4.39 Å². The Morgan fingerprint density at radius 1 is 1.14 bits per heavy atom. The molecule has 8 heteroatoms. The first-order valence-corrected chi connectivity index (χ1v) is 11.7. The van der Waals surface area contributed by atoms with Crippen molar-refractivity contribution in [1.82, 2.24) is 14.5 Å². The summed E-state index contributed by atoms with van der Waals surface area (Å²) in [4.78, 5) is 12.6. The maximum atomic E-state index is 13.6. The van der Waals surface area contributed by atoms with Crippen LogP contribution < -0.4 is 4.74 Å². The third-order valence-electron chi connectivity index (χ3n) is 7.16. The molecule has 180 valence electrons. The number of rotatable bonds is 4. The van der Waals surface area contributed by atoms with Gasteiger partial charge in [-0.05, 0) is 54.8 Å². The van der Waals surface area contributed by atoms with E-state index >= 15 is 0 Å². The highest BCUT2D eigenvalue weighted by Gasteiger charge is 2.54. The highest BCUT2D eigenvalue weighted by molar-refractivity contribution is 6.04. The third kappa shape index (κ3) is 3.60. The van der Waals surface area contributed by atoms with Crippen LogP contribution in [0.15, 0.2) is 65.7 Å². The van der Waals surface area contributed by atoms with Gasteiger partial charge >= 0.3 is 0 Å². The average Bonchev–Trinajstić information content (AvgIpc) is 3.42. The second-order valence-corrected chi connectivity index (χ2v) is 9.77. The van der Waals surface area contributed by atoms with Gasteiger partial charge in [-0.2, -0.15) is 0 Å². The van der Waals surface area contributed by atoms with Crippen LogP contribution in [0.5, 0.6) is 5.75 Å². The first kappa shape index (κ1) is 21.9. The maximum Gasteiger partial charge on any atom is 0.234 e. The summed E-state index contributed by atoms with van der Waals surface area (Å²) in [6, 6.07) is 12.6. The van der Waals surface area contributed by atoms with Crippen molar-refractivity contribution in [2.45, 2.75) is 26.0 Å². The number of fused-ring (bicyclic) bond motifs is 1. The number of amidine groups is 1. The molecule has 0 aliphatic carbocycles. The lowest BCUT2D eigenvalue weighted by Crippen LogP contribution is -2.59. The van der Waals surface area contributed by atoms with Crippen LogP contribution in [0.25, 0.3) is 11.8 Å². The van der Waals surface area contributed by atoms with Crippen molar-refractivity contribution in [3.05, 3.63) is 83.2 Å². The molecule has 1 aromatic heterocycles. The Morgan fingerprint density at radius 3 is 2.60 bits per heavy atom. The molecule has 1 atom stereocenters. The molecule has 1 unspecified atom stereocenters. The molecule has 2 fully saturated rings. The van der Waals surface area contributed by atoms with Crippen molar-refractivity contribution in [3.63, 3.8) is 0 Å². The van der Waals surface area contributed by atoms with E-state index in [9.17, 15) is 4.39 Å². The minimum Gasteiger partial charge on any atom is -0.495 e. The Bertz CT molecular complexity index is 1340. The molecule has 0 saturated carbocycles. The van der Waals surface area contributed by atoms with Gasteiger partial charge in [0.25, 0.3) is 0 Å². The zero-order valence-corrected chi connectivity index (χ0v) is 20.0. The van der Waals surface area contributed by atoms with Gasteiger partial charge in [0.05, 0.1) is 38.0 Å². The zero-order chi connectivity index (χ0) is 24.2. The van der Waals surface area contributed by atoms with Crippen molar-refractivity contribution in [2.24, 2.45) is 10.6 Å². The molecular formula is C27H27FN4O3. The number of benzene rings is 2. The van der Waals surface area contributed by atoms with Crippen LogP contribution in [0.2, 0.25) is 0 Å². The Balaban J connectivity index is 1.37. The van der Waals surface area contributed by atoms with E-state index in [0.29, 0.717) is 13.2 Å². The molecule has 6 rings (SSSR count). The van der Waals surface area contributed by atoms with Crippen molar-refractivity contribution in [3.8, 4) is 11.4 Å². The molecule has 0 bridgehead atoms. The van der Waals surface area contributed by atoms with E-state index in [0.717, 1.165) is 52.6 Å². The van der Waals surface area contributed by atoms with E-state index < -0.39 is 5.72 Å². The minimum atomic E-state index is -0.814. The van der Waals surface area contributed by atoms with Gasteiger partial charge in [-0.3, -0.25) is 0 Å². The standard InChI is InChI=1S/C27H27FN4O3/c1-18-13-31(17-29-18)23-9-4-19(11-24(23)33-3)10-20-12-27(15-34-16-27)14-32-25(20)30-35-26(32,2)21-5-7-22(28)8-6-21/h4-11,13,17H,12,14-16H2,1-3H3/b20-10+. The van der Waals surface area contributed by atoms with Crippen molar-refractivity contribution in [1.29, 1.82) is 0 Å². The van der Waals surface area contributed by atoms with Gasteiger partial charge in [-0.15, -0.1) is 0 Å². The summed E-state index contributed by atoms with van der Waals surface area (Å²) in [6.07, 6.45) is 6.74. The monoisotopic (exact) mass is 474 g/mol. The fraction of sp³-hybridized carbons (Fsp3) is 0.333. The van der Waals surface area contributed by atoms with E-state index in [-0.39, 0.29) is 11.2 Å². The normalized spacial score (nSPS) is 23.6. The van der Waals surface area contributed by atoms with Gasteiger partial charge in [0.1, 0.15) is 11.6 Å². The molecule has 7 nitrogen and oxygen atoms in total. The fourth-order valence-corrected chi connectivity index (χ4v) is 5.18. The molecule has 3 aromatic rings. The van der Waals surface area contributed by atoms with Gasteiger partial charge in [-0.25, -0.2) is 9.37 Å². The molecule has 35 heavy (non-hydrogen) atoms. The lowest BCUT2D eigenvalue weighted by atomic mass is 9.74. The van der Waals surface area contributed by atoms with Gasteiger partial charge < -0.3 is 23.8 Å². The number of aryl methyl sites for hydroxylation is 1. The Hall–Kier alpha value is -3.65. The number of imidazole rings is 1. The highest BCUT2D eigenvalue weighted by Crippen LogP contribution is 2.48. The van der Waals surface area contributed by atoms with Crippen molar-refractivity contribution in [2.75, 3.05) is 26.9 Å². The third-order valence-corrected chi connectivity index (χ3v) is 7.16. The Labute approximate surface area is 203 Å². The lowest BCUT2D eigenvalue weighted by molar-refractivity contribution is -0.159. The Morgan fingerprint density at radius 2 is 1.94 bits per heavy atom. The Kier molecular flexibility index (Phi) is 4.96. The first-order chi connectivity index (χ1) is 16.9. The second-order valence-electron chi connectivity index (χ2n) is 9.77.